The van der Waals surface area contributed by atoms with Gasteiger partial charge in [0.05, 0.1) is 17.9 Å². The molecule has 1 fully saturated rings. The molecule has 5 aromatic rings. The number of benzene rings is 2. The van der Waals surface area contributed by atoms with Crippen LogP contribution in [0.4, 0.5) is 10.2 Å². The van der Waals surface area contributed by atoms with E-state index in [2.05, 4.69) is 51.8 Å². The molecule has 3 aromatic heterocycles. The van der Waals surface area contributed by atoms with Gasteiger partial charge in [0, 0.05) is 24.5 Å². The van der Waals surface area contributed by atoms with Crippen molar-refractivity contribution in [2.75, 3.05) is 11.4 Å². The summed E-state index contributed by atoms with van der Waals surface area (Å²) in [5, 5.41) is 6.17. The molecule has 0 saturated carbocycles. The summed E-state index contributed by atoms with van der Waals surface area (Å²) < 4.78 is 17.9. The molecule has 0 bridgehead atoms. The van der Waals surface area contributed by atoms with Gasteiger partial charge in [-0.15, -0.1) is 5.10 Å². The summed E-state index contributed by atoms with van der Waals surface area (Å²) >= 11 is 0. The smallest absolute Gasteiger partial charge is 0.154 e. The number of fused-ring (bicyclic) bond motifs is 2. The Bertz CT molecular complexity index is 1420. The van der Waals surface area contributed by atoms with Crippen LogP contribution in [0.1, 0.15) is 24.4 Å². The molecule has 2 aromatic carbocycles. The number of anilines is 1. The number of para-hydroxylation sites is 1. The zero-order valence-electron chi connectivity index (χ0n) is 17.2. The van der Waals surface area contributed by atoms with E-state index in [4.69, 9.17) is 5.10 Å². The van der Waals surface area contributed by atoms with Crippen LogP contribution in [0, 0.1) is 5.82 Å². The Morgan fingerprint density at radius 3 is 2.74 bits per heavy atom. The molecule has 1 saturated heterocycles. The number of hydrogen-bond donors (Lipinski definition) is 0. The maximum atomic E-state index is 13.8. The van der Waals surface area contributed by atoms with Gasteiger partial charge in [0.25, 0.3) is 0 Å². The third-order valence-corrected chi connectivity index (χ3v) is 6.34. The van der Waals surface area contributed by atoms with Crippen LogP contribution < -0.4 is 4.90 Å². The van der Waals surface area contributed by atoms with E-state index in [1.165, 1.54) is 17.0 Å². The highest BCUT2D eigenvalue weighted by Crippen LogP contribution is 2.36. The van der Waals surface area contributed by atoms with Crippen molar-refractivity contribution in [1.82, 2.24) is 19.2 Å². The maximum absolute atomic E-state index is 13.8. The molecule has 1 aliphatic heterocycles. The molecule has 0 spiro atoms. The van der Waals surface area contributed by atoms with Crippen molar-refractivity contribution < 1.29 is 4.39 Å². The molecule has 1 aliphatic rings. The average Bonchev–Trinajstić information content (AvgIpc) is 3.51. The summed E-state index contributed by atoms with van der Waals surface area (Å²) in [6, 6.07) is 21.6. The molecule has 6 heteroatoms. The molecule has 1 atom stereocenters. The van der Waals surface area contributed by atoms with E-state index in [1.54, 1.807) is 12.1 Å². The first kappa shape index (κ1) is 18.1. The molecular formula is C25H22FN5. The second-order valence-corrected chi connectivity index (χ2v) is 8.16. The molecule has 0 N–H and O–H groups in total. The van der Waals surface area contributed by atoms with Crippen LogP contribution >= 0.6 is 0 Å². The summed E-state index contributed by atoms with van der Waals surface area (Å²) in [5.41, 5.74) is 5.01. The predicted octanol–water partition coefficient (Wildman–Crippen LogP) is 5.37. The Labute approximate surface area is 179 Å². The largest absolute Gasteiger partial charge is 0.348 e. The van der Waals surface area contributed by atoms with Gasteiger partial charge >= 0.3 is 0 Å². The molecule has 6 rings (SSSR count). The van der Waals surface area contributed by atoms with Crippen LogP contribution in [-0.2, 0) is 7.05 Å². The SMILES string of the molecule is Cn1c(-c2cnc3ccc(N4CCCC4c4cccc(F)c4)nn23)cc2ccccc21. The molecule has 4 heterocycles. The first-order valence-electron chi connectivity index (χ1n) is 10.6. The number of hydrogen-bond acceptors (Lipinski definition) is 3. The summed E-state index contributed by atoms with van der Waals surface area (Å²) in [7, 11) is 2.07. The van der Waals surface area contributed by atoms with Gasteiger partial charge in [-0.25, -0.2) is 13.9 Å². The van der Waals surface area contributed by atoms with Crippen molar-refractivity contribution in [2.24, 2.45) is 7.05 Å². The van der Waals surface area contributed by atoms with Crippen LogP contribution in [0.25, 0.3) is 27.9 Å². The fourth-order valence-electron chi connectivity index (χ4n) is 4.83. The van der Waals surface area contributed by atoms with Gasteiger partial charge in [-0.2, -0.15) is 0 Å². The number of rotatable bonds is 3. The number of halogens is 1. The lowest BCUT2D eigenvalue weighted by atomic mass is 10.0. The Kier molecular flexibility index (Phi) is 4.06. The van der Waals surface area contributed by atoms with Crippen LogP contribution in [0.2, 0.25) is 0 Å². The van der Waals surface area contributed by atoms with Gasteiger partial charge in [-0.05, 0) is 54.8 Å². The van der Waals surface area contributed by atoms with Gasteiger partial charge in [0.1, 0.15) is 17.3 Å². The van der Waals surface area contributed by atoms with Gasteiger partial charge < -0.3 is 9.47 Å². The summed E-state index contributed by atoms with van der Waals surface area (Å²) in [4.78, 5) is 6.86. The van der Waals surface area contributed by atoms with Crippen LogP contribution in [0.3, 0.4) is 0 Å². The van der Waals surface area contributed by atoms with E-state index in [9.17, 15) is 4.39 Å². The molecule has 0 amide bonds. The number of aromatic nitrogens is 4. The lowest BCUT2D eigenvalue weighted by Crippen LogP contribution is -2.24. The quantitative estimate of drug-likeness (QED) is 0.401. The summed E-state index contributed by atoms with van der Waals surface area (Å²) in [6.07, 6.45) is 3.93. The zero-order valence-corrected chi connectivity index (χ0v) is 17.2. The minimum absolute atomic E-state index is 0.130. The van der Waals surface area contributed by atoms with Crippen LogP contribution in [0.5, 0.6) is 0 Å². The predicted molar refractivity (Wildman–Crippen MR) is 121 cm³/mol. The Hall–Kier alpha value is -3.67. The van der Waals surface area contributed by atoms with Crippen molar-refractivity contribution >= 4 is 22.4 Å². The second kappa shape index (κ2) is 6.94. The standard InChI is InChI=1S/C25H22FN5/c1-29-20-9-3-2-6-18(20)15-22(29)23-16-27-24-11-12-25(28-31(23)24)30-13-5-10-21(30)17-7-4-8-19(26)14-17/h2-4,6-9,11-12,14-16,21H,5,10,13H2,1H3. The Morgan fingerprint density at radius 2 is 1.87 bits per heavy atom. The molecule has 154 valence electrons. The summed E-state index contributed by atoms with van der Waals surface area (Å²) in [5.74, 6) is 0.692. The minimum Gasteiger partial charge on any atom is -0.348 e. The third-order valence-electron chi connectivity index (χ3n) is 6.34. The molecular weight excluding hydrogens is 389 g/mol. The van der Waals surface area contributed by atoms with E-state index in [0.717, 1.165) is 47.8 Å². The van der Waals surface area contributed by atoms with Crippen molar-refractivity contribution in [2.45, 2.75) is 18.9 Å². The number of imidazole rings is 1. The normalized spacial score (nSPS) is 16.6. The average molecular weight is 411 g/mol. The van der Waals surface area contributed by atoms with Crippen LogP contribution in [0.15, 0.2) is 72.9 Å². The fourth-order valence-corrected chi connectivity index (χ4v) is 4.83. The van der Waals surface area contributed by atoms with E-state index < -0.39 is 0 Å². The molecule has 31 heavy (non-hydrogen) atoms. The highest BCUT2D eigenvalue weighted by molar-refractivity contribution is 5.86. The first-order valence-corrected chi connectivity index (χ1v) is 10.6. The van der Waals surface area contributed by atoms with Crippen molar-refractivity contribution in [3.05, 3.63) is 84.3 Å². The van der Waals surface area contributed by atoms with Gasteiger partial charge in [-0.3, -0.25) is 0 Å². The number of aryl methyl sites for hydroxylation is 1. The maximum Gasteiger partial charge on any atom is 0.154 e. The van der Waals surface area contributed by atoms with Crippen molar-refractivity contribution in [1.29, 1.82) is 0 Å². The summed E-state index contributed by atoms with van der Waals surface area (Å²) in [6.45, 7) is 0.901. The molecule has 5 nitrogen and oxygen atoms in total. The molecule has 1 unspecified atom stereocenters. The third kappa shape index (κ3) is 2.90. The van der Waals surface area contributed by atoms with Gasteiger partial charge in [0.15, 0.2) is 5.65 Å². The molecule has 0 radical (unpaired) electrons. The lowest BCUT2D eigenvalue weighted by molar-refractivity contribution is 0.617. The number of nitrogens with zero attached hydrogens (tertiary/aromatic N) is 5. The monoisotopic (exact) mass is 411 g/mol. The van der Waals surface area contributed by atoms with Crippen molar-refractivity contribution in [3.8, 4) is 11.4 Å². The van der Waals surface area contributed by atoms with E-state index in [1.807, 2.05) is 28.9 Å². The van der Waals surface area contributed by atoms with Gasteiger partial charge in [-0.1, -0.05) is 30.3 Å². The van der Waals surface area contributed by atoms with Crippen LogP contribution in [-0.4, -0.2) is 25.7 Å². The first-order chi connectivity index (χ1) is 15.2. The Morgan fingerprint density at radius 1 is 0.968 bits per heavy atom. The minimum atomic E-state index is -0.194. The van der Waals surface area contributed by atoms with Gasteiger partial charge in [0.2, 0.25) is 0 Å². The van der Waals surface area contributed by atoms with E-state index in [0.29, 0.717) is 0 Å². The van der Waals surface area contributed by atoms with Crippen molar-refractivity contribution in [3.63, 3.8) is 0 Å². The Balaban J connectivity index is 1.45. The molecule has 0 aliphatic carbocycles. The lowest BCUT2D eigenvalue weighted by Gasteiger charge is -2.26. The fraction of sp³-hybridized carbons (Fsp3) is 0.200. The second-order valence-electron chi connectivity index (χ2n) is 8.16. The highest BCUT2D eigenvalue weighted by Gasteiger charge is 2.28. The van der Waals surface area contributed by atoms with E-state index in [-0.39, 0.29) is 11.9 Å². The zero-order chi connectivity index (χ0) is 20.9. The highest BCUT2D eigenvalue weighted by atomic mass is 19.1. The van der Waals surface area contributed by atoms with E-state index >= 15 is 0 Å². The topological polar surface area (TPSA) is 38.4 Å².